The van der Waals surface area contributed by atoms with Crippen molar-refractivity contribution < 1.29 is 0 Å². The first-order chi connectivity index (χ1) is 7.85. The quantitative estimate of drug-likeness (QED) is 0.507. The minimum Gasteiger partial charge on any atom is -0.0864 e. The number of hydrogen-bond donors (Lipinski definition) is 0. The third-order valence-electron chi connectivity index (χ3n) is 5.93. The molecule has 2 bridgehead atoms. The maximum atomic E-state index is 2.58. The second-order valence-electron chi connectivity index (χ2n) is 6.50. The third kappa shape index (κ3) is 1.76. The Hall–Kier alpha value is 0.730. The summed E-state index contributed by atoms with van der Waals surface area (Å²) in [5.74, 6) is 6.91. The Bertz CT molecular complexity index is 250. The van der Waals surface area contributed by atoms with Crippen molar-refractivity contribution in [3.8, 4) is 0 Å². The van der Waals surface area contributed by atoms with Gasteiger partial charge in [0.25, 0.3) is 0 Å². The van der Waals surface area contributed by atoms with E-state index in [1.54, 1.807) is 25.7 Å². The Morgan fingerprint density at radius 3 is 2.62 bits per heavy atom. The summed E-state index contributed by atoms with van der Waals surface area (Å²) in [5.41, 5.74) is 0. The molecule has 0 aromatic heterocycles. The maximum Gasteiger partial charge on any atom is -0.000199 e. The van der Waals surface area contributed by atoms with Crippen LogP contribution in [0.5, 0.6) is 0 Å². The molecule has 0 spiro atoms. The minimum atomic E-state index is 1.13. The van der Waals surface area contributed by atoms with E-state index in [0.29, 0.717) is 0 Å². The summed E-state index contributed by atoms with van der Waals surface area (Å²) in [7, 11) is 0. The number of fused-ring (bicyclic) bond motifs is 5. The van der Waals surface area contributed by atoms with Crippen LogP contribution in [-0.2, 0) is 0 Å². The molecule has 92 valence electrons. The van der Waals surface area contributed by atoms with E-state index in [1.807, 2.05) is 0 Å². The summed E-state index contributed by atoms with van der Waals surface area (Å²) >= 11 is 2.58. The van der Waals surface area contributed by atoms with Gasteiger partial charge in [-0.05, 0) is 72.0 Å². The van der Waals surface area contributed by atoms with Crippen LogP contribution in [0.2, 0.25) is 0 Å². The number of rotatable bonds is 4. The van der Waals surface area contributed by atoms with Gasteiger partial charge in [0, 0.05) is 0 Å². The van der Waals surface area contributed by atoms with Crippen molar-refractivity contribution in [3.63, 3.8) is 0 Å². The molecule has 5 unspecified atom stereocenters. The van der Waals surface area contributed by atoms with Crippen molar-refractivity contribution in [3.05, 3.63) is 0 Å². The molecule has 0 heterocycles. The summed E-state index contributed by atoms with van der Waals surface area (Å²) < 4.78 is 1.39. The van der Waals surface area contributed by atoms with Crippen molar-refractivity contribution in [1.29, 1.82) is 0 Å². The lowest BCUT2D eigenvalue weighted by Gasteiger charge is -2.34. The van der Waals surface area contributed by atoms with Gasteiger partial charge < -0.3 is 0 Å². The van der Waals surface area contributed by atoms with E-state index in [9.17, 15) is 0 Å². The van der Waals surface area contributed by atoms with Gasteiger partial charge in [-0.15, -0.1) is 0 Å². The Balaban J connectivity index is 1.72. The van der Waals surface area contributed by atoms with Crippen molar-refractivity contribution in [1.82, 2.24) is 0 Å². The first-order valence-electron chi connectivity index (χ1n) is 7.41. The van der Waals surface area contributed by atoms with Crippen LogP contribution < -0.4 is 0 Å². The highest BCUT2D eigenvalue weighted by atomic mass is 127. The highest BCUT2D eigenvalue weighted by Crippen LogP contribution is 2.64. The van der Waals surface area contributed by atoms with Gasteiger partial charge in [-0.1, -0.05) is 42.4 Å². The zero-order valence-corrected chi connectivity index (χ0v) is 12.7. The van der Waals surface area contributed by atoms with Gasteiger partial charge in [0.1, 0.15) is 0 Å². The Labute approximate surface area is 114 Å². The van der Waals surface area contributed by atoms with Crippen LogP contribution >= 0.6 is 22.6 Å². The lowest BCUT2D eigenvalue weighted by molar-refractivity contribution is 0.146. The molecule has 1 heteroatoms. The Morgan fingerprint density at radius 2 is 1.88 bits per heavy atom. The fourth-order valence-electron chi connectivity index (χ4n) is 5.56. The number of alkyl halides is 1. The summed E-state index contributed by atoms with van der Waals surface area (Å²) in [6.07, 6.45) is 10.9. The van der Waals surface area contributed by atoms with Gasteiger partial charge >= 0.3 is 0 Å². The standard InChI is InChI=1S/C15H25I/c1-2-3-10-4-5-13-12-8-11(6-7-16)14(9-12)15(10)13/h10-15H,2-9H2,1H3/t10-,11?,12?,13?,14?,15?/m1/s1. The van der Waals surface area contributed by atoms with Crippen molar-refractivity contribution in [2.45, 2.75) is 51.9 Å². The van der Waals surface area contributed by atoms with Crippen molar-refractivity contribution in [2.75, 3.05) is 4.43 Å². The first kappa shape index (κ1) is 11.8. The SMILES string of the molecule is CCC[C@@H]1CCC2C3CC(CCI)C(C3)C21. The largest absolute Gasteiger partial charge is 0.0864 e. The van der Waals surface area contributed by atoms with Gasteiger partial charge in [-0.25, -0.2) is 0 Å². The fourth-order valence-corrected chi connectivity index (χ4v) is 6.36. The Morgan fingerprint density at radius 1 is 1.00 bits per heavy atom. The van der Waals surface area contributed by atoms with Crippen LogP contribution in [0.4, 0.5) is 0 Å². The maximum absolute atomic E-state index is 2.58. The minimum absolute atomic E-state index is 1.13. The lowest BCUT2D eigenvalue weighted by Crippen LogP contribution is -2.28. The summed E-state index contributed by atoms with van der Waals surface area (Å²) in [4.78, 5) is 0. The predicted octanol–water partition coefficient (Wildman–Crippen LogP) is 4.91. The molecular formula is C15H25I. The number of halogens is 1. The molecule has 3 aliphatic carbocycles. The van der Waals surface area contributed by atoms with Gasteiger partial charge in [0.2, 0.25) is 0 Å². The second kappa shape index (κ2) is 4.78. The smallest absolute Gasteiger partial charge is 0.000199 e. The zero-order valence-electron chi connectivity index (χ0n) is 10.5. The van der Waals surface area contributed by atoms with E-state index in [1.165, 1.54) is 35.5 Å². The molecule has 0 radical (unpaired) electrons. The average molecular weight is 332 g/mol. The van der Waals surface area contributed by atoms with Crippen LogP contribution in [-0.4, -0.2) is 4.43 Å². The summed E-state index contributed by atoms with van der Waals surface area (Å²) in [6, 6.07) is 0. The van der Waals surface area contributed by atoms with E-state index in [-0.39, 0.29) is 0 Å². The second-order valence-corrected chi connectivity index (χ2v) is 7.58. The van der Waals surface area contributed by atoms with Crippen molar-refractivity contribution >= 4 is 22.6 Å². The molecule has 0 saturated heterocycles. The topological polar surface area (TPSA) is 0 Å². The molecule has 3 fully saturated rings. The number of hydrogen-bond acceptors (Lipinski definition) is 0. The molecule has 0 nitrogen and oxygen atoms in total. The van der Waals surface area contributed by atoms with E-state index in [4.69, 9.17) is 0 Å². The molecule has 0 amide bonds. The molecule has 0 aliphatic heterocycles. The van der Waals surface area contributed by atoms with Crippen LogP contribution in [0.1, 0.15) is 51.9 Å². The molecule has 3 saturated carbocycles. The molecule has 3 rings (SSSR count). The normalized spacial score (nSPS) is 49.9. The van der Waals surface area contributed by atoms with Crippen LogP contribution in [0.15, 0.2) is 0 Å². The van der Waals surface area contributed by atoms with Crippen LogP contribution in [0.25, 0.3) is 0 Å². The summed E-state index contributed by atoms with van der Waals surface area (Å²) in [6.45, 7) is 2.38. The average Bonchev–Trinajstić information content (AvgIpc) is 2.91. The van der Waals surface area contributed by atoms with Crippen molar-refractivity contribution in [2.24, 2.45) is 35.5 Å². The van der Waals surface area contributed by atoms with Gasteiger partial charge in [-0.2, -0.15) is 0 Å². The lowest BCUT2D eigenvalue weighted by atomic mass is 9.71. The van der Waals surface area contributed by atoms with Gasteiger partial charge in [-0.3, -0.25) is 0 Å². The van der Waals surface area contributed by atoms with Crippen LogP contribution in [0.3, 0.4) is 0 Å². The first-order valence-corrected chi connectivity index (χ1v) is 8.93. The van der Waals surface area contributed by atoms with Gasteiger partial charge in [0.05, 0.1) is 0 Å². The molecule has 0 aromatic rings. The molecule has 0 aromatic carbocycles. The highest BCUT2D eigenvalue weighted by Gasteiger charge is 2.56. The van der Waals surface area contributed by atoms with E-state index >= 15 is 0 Å². The monoisotopic (exact) mass is 332 g/mol. The fraction of sp³-hybridized carbons (Fsp3) is 1.00. The van der Waals surface area contributed by atoms with E-state index in [2.05, 4.69) is 29.5 Å². The molecule has 3 aliphatic rings. The summed E-state index contributed by atoms with van der Waals surface area (Å²) in [5, 5.41) is 0. The van der Waals surface area contributed by atoms with Crippen LogP contribution in [0, 0.1) is 35.5 Å². The third-order valence-corrected chi connectivity index (χ3v) is 6.56. The zero-order chi connectivity index (χ0) is 11.1. The molecule has 6 atom stereocenters. The predicted molar refractivity (Wildman–Crippen MR) is 77.8 cm³/mol. The molecular weight excluding hydrogens is 307 g/mol. The molecule has 0 N–H and O–H groups in total. The Kier molecular flexibility index (Phi) is 3.52. The highest BCUT2D eigenvalue weighted by molar-refractivity contribution is 14.1. The van der Waals surface area contributed by atoms with E-state index in [0.717, 1.165) is 23.7 Å². The molecule has 16 heavy (non-hydrogen) atoms. The van der Waals surface area contributed by atoms with E-state index < -0.39 is 0 Å². The van der Waals surface area contributed by atoms with Gasteiger partial charge in [0.15, 0.2) is 0 Å².